The number of nitriles is 1. The van der Waals surface area contributed by atoms with Gasteiger partial charge in [-0.2, -0.15) is 17.0 Å². The van der Waals surface area contributed by atoms with Crippen LogP contribution in [0.3, 0.4) is 0 Å². The van der Waals surface area contributed by atoms with Crippen molar-refractivity contribution in [2.75, 3.05) is 19.3 Å². The Morgan fingerprint density at radius 1 is 1.72 bits per heavy atom. The molecule has 1 aromatic rings. The largest absolute Gasteiger partial charge is 0.355 e. The predicted octanol–water partition coefficient (Wildman–Crippen LogP) is 0.953. The molecule has 6 nitrogen and oxygen atoms in total. The summed E-state index contributed by atoms with van der Waals surface area (Å²) < 4.78 is 1.86. The highest BCUT2D eigenvalue weighted by atomic mass is 35.5. The number of aliphatic imine (C=N–C) groups is 1. The van der Waals surface area contributed by atoms with Gasteiger partial charge in [0.15, 0.2) is 6.19 Å². The van der Waals surface area contributed by atoms with Crippen LogP contribution in [-0.4, -0.2) is 34.9 Å². The lowest BCUT2D eigenvalue weighted by Crippen LogP contribution is -2.35. The molecule has 0 amide bonds. The smallest absolute Gasteiger partial charge is 0.204 e. The third-order valence-corrected chi connectivity index (χ3v) is 3.50. The van der Waals surface area contributed by atoms with E-state index in [2.05, 4.69) is 20.6 Å². The van der Waals surface area contributed by atoms with E-state index in [0.717, 1.165) is 23.9 Å². The van der Waals surface area contributed by atoms with Crippen molar-refractivity contribution >= 4 is 29.3 Å². The zero-order valence-corrected chi connectivity index (χ0v) is 11.8. The molecule has 0 fully saturated rings. The van der Waals surface area contributed by atoms with Crippen LogP contribution in [0.15, 0.2) is 11.2 Å². The first kappa shape index (κ1) is 14.7. The molecule has 0 spiro atoms. The number of thioether (sulfide) groups is 1. The number of halogens is 1. The molecule has 0 unspecified atom stereocenters. The number of guanidine groups is 1. The fraction of sp³-hybridized carbons (Fsp3) is 0.500. The zero-order valence-electron chi connectivity index (χ0n) is 10.3. The number of hydrogen-bond acceptors (Lipinski definition) is 4. The Hall–Kier alpha value is -1.39. The number of nitrogens with zero attached hydrogens (tertiary/aromatic N) is 4. The summed E-state index contributed by atoms with van der Waals surface area (Å²) >= 11 is 7.62. The van der Waals surface area contributed by atoms with Crippen LogP contribution in [0.25, 0.3) is 0 Å². The van der Waals surface area contributed by atoms with Gasteiger partial charge >= 0.3 is 0 Å². The van der Waals surface area contributed by atoms with Gasteiger partial charge in [0.2, 0.25) is 5.96 Å². The van der Waals surface area contributed by atoms with Crippen molar-refractivity contribution < 1.29 is 0 Å². The second-order valence-corrected chi connectivity index (χ2v) is 4.84. The molecule has 0 saturated heterocycles. The molecular weight excluding hydrogens is 272 g/mol. The minimum absolute atomic E-state index is 0.484. The van der Waals surface area contributed by atoms with Crippen molar-refractivity contribution in [1.29, 1.82) is 5.26 Å². The Morgan fingerprint density at radius 2 is 2.50 bits per heavy atom. The van der Waals surface area contributed by atoms with E-state index in [1.165, 1.54) is 0 Å². The fourth-order valence-electron chi connectivity index (χ4n) is 1.20. The van der Waals surface area contributed by atoms with Crippen LogP contribution in [0.1, 0.15) is 5.82 Å². The predicted molar refractivity (Wildman–Crippen MR) is 74.5 cm³/mol. The molecule has 1 rings (SSSR count). The summed E-state index contributed by atoms with van der Waals surface area (Å²) in [6.07, 6.45) is 3.46. The molecule has 0 radical (unpaired) electrons. The summed E-state index contributed by atoms with van der Waals surface area (Å²) in [6, 6.07) is 0. The Balaban J connectivity index is 2.20. The first-order valence-corrected chi connectivity index (χ1v) is 6.82. The molecule has 0 bridgehead atoms. The van der Waals surface area contributed by atoms with E-state index >= 15 is 0 Å². The van der Waals surface area contributed by atoms with E-state index in [9.17, 15) is 0 Å². The van der Waals surface area contributed by atoms with E-state index in [0.29, 0.717) is 11.1 Å². The van der Waals surface area contributed by atoms with Crippen molar-refractivity contribution in [3.05, 3.63) is 17.2 Å². The van der Waals surface area contributed by atoms with Crippen LogP contribution >= 0.6 is 23.4 Å². The number of aromatic nitrogens is 2. The molecule has 0 aliphatic rings. The topological polar surface area (TPSA) is 78.0 Å². The van der Waals surface area contributed by atoms with E-state index in [1.807, 2.05) is 17.8 Å². The van der Waals surface area contributed by atoms with Gasteiger partial charge < -0.3 is 9.88 Å². The van der Waals surface area contributed by atoms with Crippen molar-refractivity contribution in [2.45, 2.75) is 5.75 Å². The molecule has 2 N–H and O–H groups in total. The standard InChI is InChI=1S/C10H15ClN6S/c1-13-10(16-7-12)14-3-4-18-6-9-15-5-8(11)17(9)2/h5H,3-4,6H2,1-2H3,(H2,13,14,16). The minimum atomic E-state index is 0.484. The summed E-state index contributed by atoms with van der Waals surface area (Å²) in [6.45, 7) is 0.726. The molecule has 8 heteroatoms. The molecule has 1 heterocycles. The van der Waals surface area contributed by atoms with Gasteiger partial charge in [-0.3, -0.25) is 10.3 Å². The van der Waals surface area contributed by atoms with Crippen molar-refractivity contribution in [2.24, 2.45) is 12.0 Å². The number of hydrogen-bond donors (Lipinski definition) is 2. The normalized spacial score (nSPS) is 11.1. The molecule has 0 aromatic carbocycles. The average molecular weight is 287 g/mol. The maximum absolute atomic E-state index is 8.44. The van der Waals surface area contributed by atoms with Gasteiger partial charge in [0.1, 0.15) is 11.0 Å². The molecule has 0 atom stereocenters. The van der Waals surface area contributed by atoms with Crippen LogP contribution in [0.5, 0.6) is 0 Å². The van der Waals surface area contributed by atoms with E-state index in [1.54, 1.807) is 25.0 Å². The lowest BCUT2D eigenvalue weighted by molar-refractivity contribution is 0.849. The highest BCUT2D eigenvalue weighted by Gasteiger charge is 2.03. The maximum Gasteiger partial charge on any atom is 0.204 e. The summed E-state index contributed by atoms with van der Waals surface area (Å²) in [5.74, 6) is 3.12. The van der Waals surface area contributed by atoms with Gasteiger partial charge in [0, 0.05) is 26.4 Å². The summed E-state index contributed by atoms with van der Waals surface area (Å²) in [7, 11) is 3.51. The van der Waals surface area contributed by atoms with Crippen LogP contribution in [-0.2, 0) is 12.8 Å². The third-order valence-electron chi connectivity index (χ3n) is 2.20. The van der Waals surface area contributed by atoms with Crippen molar-refractivity contribution in [3.63, 3.8) is 0 Å². The summed E-state index contributed by atoms with van der Waals surface area (Å²) in [4.78, 5) is 8.08. The zero-order chi connectivity index (χ0) is 13.4. The van der Waals surface area contributed by atoms with Crippen LogP contribution in [0.4, 0.5) is 0 Å². The quantitative estimate of drug-likeness (QED) is 0.277. The monoisotopic (exact) mass is 286 g/mol. The van der Waals surface area contributed by atoms with E-state index in [-0.39, 0.29) is 0 Å². The van der Waals surface area contributed by atoms with Crippen LogP contribution in [0, 0.1) is 11.5 Å². The van der Waals surface area contributed by atoms with Gasteiger partial charge in [-0.1, -0.05) is 11.6 Å². The molecule has 0 saturated carbocycles. The lowest BCUT2D eigenvalue weighted by atomic mass is 10.7. The maximum atomic E-state index is 8.44. The van der Waals surface area contributed by atoms with Gasteiger partial charge in [-0.15, -0.1) is 0 Å². The Kier molecular flexibility index (Phi) is 6.39. The molecular formula is C10H15ClN6S. The minimum Gasteiger partial charge on any atom is -0.355 e. The summed E-state index contributed by atoms with van der Waals surface area (Å²) in [5.41, 5.74) is 0. The van der Waals surface area contributed by atoms with Gasteiger partial charge in [-0.05, 0) is 0 Å². The highest BCUT2D eigenvalue weighted by molar-refractivity contribution is 7.98. The van der Waals surface area contributed by atoms with Gasteiger partial charge in [-0.25, -0.2) is 4.98 Å². The summed E-state index contributed by atoms with van der Waals surface area (Å²) in [5, 5.41) is 14.6. The Bertz CT molecular complexity index is 450. The van der Waals surface area contributed by atoms with Crippen LogP contribution < -0.4 is 10.6 Å². The fourth-order valence-corrected chi connectivity index (χ4v) is 2.18. The van der Waals surface area contributed by atoms with Crippen molar-refractivity contribution in [3.8, 4) is 6.19 Å². The first-order chi connectivity index (χ1) is 8.69. The van der Waals surface area contributed by atoms with Gasteiger partial charge in [0.25, 0.3) is 0 Å². The second kappa shape index (κ2) is 7.84. The first-order valence-electron chi connectivity index (χ1n) is 5.28. The van der Waals surface area contributed by atoms with E-state index < -0.39 is 0 Å². The molecule has 18 heavy (non-hydrogen) atoms. The molecule has 0 aliphatic carbocycles. The number of imidazole rings is 1. The van der Waals surface area contributed by atoms with Crippen molar-refractivity contribution in [1.82, 2.24) is 20.2 Å². The highest BCUT2D eigenvalue weighted by Crippen LogP contribution is 2.14. The Labute approximate surface area is 115 Å². The second-order valence-electron chi connectivity index (χ2n) is 3.34. The SMILES string of the molecule is CN=C(NC#N)NCCSCc1ncc(Cl)n1C. The lowest BCUT2D eigenvalue weighted by Gasteiger charge is -2.06. The molecule has 0 aliphatic heterocycles. The number of rotatable bonds is 5. The average Bonchev–Trinajstić information content (AvgIpc) is 2.69. The third kappa shape index (κ3) is 4.47. The van der Waals surface area contributed by atoms with Gasteiger partial charge in [0.05, 0.1) is 11.9 Å². The van der Waals surface area contributed by atoms with Crippen LogP contribution in [0.2, 0.25) is 5.15 Å². The Morgan fingerprint density at radius 3 is 3.06 bits per heavy atom. The molecule has 1 aromatic heterocycles. The molecule has 98 valence electrons. The van der Waals surface area contributed by atoms with E-state index in [4.69, 9.17) is 16.9 Å². The number of nitrogens with one attached hydrogen (secondary N) is 2.